The summed E-state index contributed by atoms with van der Waals surface area (Å²) in [5.41, 5.74) is 2.65. The lowest BCUT2D eigenvalue weighted by Gasteiger charge is -2.22. The van der Waals surface area contributed by atoms with Gasteiger partial charge in [-0.15, -0.1) is 0 Å². The van der Waals surface area contributed by atoms with E-state index in [1.807, 2.05) is 13.0 Å². The van der Waals surface area contributed by atoms with Gasteiger partial charge >= 0.3 is 0 Å². The molecule has 1 atom stereocenters. The molecule has 1 N–H and O–H groups in total. The summed E-state index contributed by atoms with van der Waals surface area (Å²) >= 11 is 3.17. The normalized spacial score (nSPS) is 12.4. The Morgan fingerprint density at radius 3 is 2.52 bits per heavy atom. The maximum Gasteiger partial charge on any atom is 0.137 e. The molecule has 0 aromatic heterocycles. The summed E-state index contributed by atoms with van der Waals surface area (Å²) in [6, 6.07) is 9.66. The molecule has 1 unspecified atom stereocenters. The smallest absolute Gasteiger partial charge is 0.137 e. The van der Waals surface area contributed by atoms with E-state index < -0.39 is 0 Å². The molecule has 2 aromatic carbocycles. The van der Waals surface area contributed by atoms with E-state index in [-0.39, 0.29) is 17.7 Å². The summed E-state index contributed by atoms with van der Waals surface area (Å²) in [7, 11) is 0. The Hall–Kier alpha value is -1.26. The zero-order valence-corrected chi connectivity index (χ0v) is 13.7. The monoisotopic (exact) mass is 353 g/mol. The fourth-order valence-corrected chi connectivity index (χ4v) is 2.60. The van der Waals surface area contributed by atoms with Crippen LogP contribution in [-0.2, 0) is 0 Å². The van der Waals surface area contributed by atoms with Crippen LogP contribution >= 0.6 is 15.9 Å². The Bertz CT molecular complexity index is 628. The number of rotatable bonds is 5. The molecule has 0 spiro atoms. The molecule has 2 rings (SSSR count). The first-order chi connectivity index (χ1) is 10.0. The molecule has 2 aromatic rings. The van der Waals surface area contributed by atoms with Crippen molar-refractivity contribution in [2.75, 3.05) is 6.54 Å². The zero-order valence-electron chi connectivity index (χ0n) is 12.1. The second-order valence-corrected chi connectivity index (χ2v) is 5.92. The van der Waals surface area contributed by atoms with Gasteiger partial charge in [0, 0.05) is 0 Å². The predicted octanol–water partition coefficient (Wildman–Crippen LogP) is 5.12. The van der Waals surface area contributed by atoms with Crippen LogP contribution in [0.4, 0.5) is 8.78 Å². The quantitative estimate of drug-likeness (QED) is 0.785. The molecule has 0 radical (unpaired) electrons. The third kappa shape index (κ3) is 3.89. The highest BCUT2D eigenvalue weighted by atomic mass is 79.9. The molecular formula is C17H18BrF2N. The van der Waals surface area contributed by atoms with Crippen LogP contribution in [0, 0.1) is 18.6 Å². The van der Waals surface area contributed by atoms with Gasteiger partial charge in [0.05, 0.1) is 10.5 Å². The number of hydrogen-bond donors (Lipinski definition) is 1. The van der Waals surface area contributed by atoms with Crippen molar-refractivity contribution < 1.29 is 8.78 Å². The van der Waals surface area contributed by atoms with E-state index in [1.54, 1.807) is 12.1 Å². The van der Waals surface area contributed by atoms with Crippen LogP contribution in [0.15, 0.2) is 40.9 Å². The van der Waals surface area contributed by atoms with Crippen molar-refractivity contribution in [3.8, 4) is 0 Å². The van der Waals surface area contributed by atoms with Gasteiger partial charge in [0.25, 0.3) is 0 Å². The van der Waals surface area contributed by atoms with Crippen molar-refractivity contribution >= 4 is 15.9 Å². The van der Waals surface area contributed by atoms with E-state index in [2.05, 4.69) is 28.2 Å². The van der Waals surface area contributed by atoms with E-state index in [4.69, 9.17) is 0 Å². The van der Waals surface area contributed by atoms with Gasteiger partial charge < -0.3 is 5.32 Å². The molecule has 0 aliphatic rings. The predicted molar refractivity (Wildman–Crippen MR) is 85.4 cm³/mol. The van der Waals surface area contributed by atoms with Crippen molar-refractivity contribution in [2.24, 2.45) is 0 Å². The van der Waals surface area contributed by atoms with Gasteiger partial charge in [0.2, 0.25) is 0 Å². The van der Waals surface area contributed by atoms with Crippen LogP contribution in [0.3, 0.4) is 0 Å². The van der Waals surface area contributed by atoms with Crippen LogP contribution in [-0.4, -0.2) is 6.54 Å². The first-order valence-corrected chi connectivity index (χ1v) is 7.76. The van der Waals surface area contributed by atoms with E-state index >= 15 is 0 Å². The zero-order chi connectivity index (χ0) is 15.4. The van der Waals surface area contributed by atoms with Crippen LogP contribution in [0.25, 0.3) is 0 Å². The van der Waals surface area contributed by atoms with Crippen molar-refractivity contribution in [1.82, 2.24) is 5.32 Å². The summed E-state index contributed by atoms with van der Waals surface area (Å²) in [5.74, 6) is -0.553. The first-order valence-electron chi connectivity index (χ1n) is 6.97. The van der Waals surface area contributed by atoms with Gasteiger partial charge in [0.15, 0.2) is 0 Å². The van der Waals surface area contributed by atoms with Crippen molar-refractivity contribution in [2.45, 2.75) is 26.3 Å². The van der Waals surface area contributed by atoms with Crippen molar-refractivity contribution in [3.05, 3.63) is 69.2 Å². The summed E-state index contributed by atoms with van der Waals surface area (Å²) < 4.78 is 27.5. The number of benzene rings is 2. The third-order valence-electron chi connectivity index (χ3n) is 3.42. The first kappa shape index (κ1) is 16.1. The highest BCUT2D eigenvalue weighted by molar-refractivity contribution is 9.10. The van der Waals surface area contributed by atoms with E-state index in [9.17, 15) is 8.78 Å². The third-order valence-corrected chi connectivity index (χ3v) is 4.06. The Morgan fingerprint density at radius 2 is 1.90 bits per heavy atom. The summed E-state index contributed by atoms with van der Waals surface area (Å²) in [6.07, 6.45) is 0.968. The lowest BCUT2D eigenvalue weighted by atomic mass is 9.94. The maximum absolute atomic E-state index is 13.8. The molecule has 0 saturated heterocycles. The lowest BCUT2D eigenvalue weighted by molar-refractivity contribution is 0.578. The summed E-state index contributed by atoms with van der Waals surface area (Å²) in [6.45, 7) is 4.75. The molecule has 112 valence electrons. The van der Waals surface area contributed by atoms with E-state index in [0.29, 0.717) is 4.47 Å². The van der Waals surface area contributed by atoms with Crippen LogP contribution in [0.2, 0.25) is 0 Å². The Kier molecular flexibility index (Phi) is 5.48. The van der Waals surface area contributed by atoms with Crippen molar-refractivity contribution in [1.29, 1.82) is 0 Å². The minimum absolute atomic E-state index is 0.145. The number of halogens is 3. The molecule has 0 bridgehead atoms. The SMILES string of the molecule is CCCNC(c1ccc(Br)c(F)c1)c1ccc(F)cc1C. The number of nitrogens with one attached hydrogen (secondary N) is 1. The molecular weight excluding hydrogens is 336 g/mol. The minimum atomic E-state index is -0.296. The maximum atomic E-state index is 13.8. The molecule has 0 saturated carbocycles. The second kappa shape index (κ2) is 7.14. The van der Waals surface area contributed by atoms with Crippen LogP contribution < -0.4 is 5.32 Å². The second-order valence-electron chi connectivity index (χ2n) is 5.06. The Balaban J connectivity index is 2.44. The van der Waals surface area contributed by atoms with Gasteiger partial charge in [-0.1, -0.05) is 19.1 Å². The lowest BCUT2D eigenvalue weighted by Crippen LogP contribution is -2.24. The van der Waals surface area contributed by atoms with Gasteiger partial charge in [-0.3, -0.25) is 0 Å². The molecule has 0 aliphatic carbocycles. The molecule has 0 heterocycles. The van der Waals surface area contributed by atoms with Crippen LogP contribution in [0.5, 0.6) is 0 Å². The van der Waals surface area contributed by atoms with Gasteiger partial charge in [-0.25, -0.2) is 8.78 Å². The minimum Gasteiger partial charge on any atom is -0.306 e. The summed E-state index contributed by atoms with van der Waals surface area (Å²) in [4.78, 5) is 0. The number of aryl methyl sites for hydroxylation is 1. The molecule has 0 fully saturated rings. The van der Waals surface area contributed by atoms with Gasteiger partial charge in [0.1, 0.15) is 11.6 Å². The van der Waals surface area contributed by atoms with Gasteiger partial charge in [-0.05, 0) is 76.8 Å². The van der Waals surface area contributed by atoms with E-state index in [0.717, 1.165) is 29.7 Å². The highest BCUT2D eigenvalue weighted by Gasteiger charge is 2.17. The Morgan fingerprint density at radius 1 is 1.14 bits per heavy atom. The average Bonchev–Trinajstić information content (AvgIpc) is 2.44. The average molecular weight is 354 g/mol. The molecule has 21 heavy (non-hydrogen) atoms. The fraction of sp³-hybridized carbons (Fsp3) is 0.294. The summed E-state index contributed by atoms with van der Waals surface area (Å²) in [5, 5.41) is 3.40. The fourth-order valence-electron chi connectivity index (χ4n) is 2.35. The Labute approximate surface area is 132 Å². The largest absolute Gasteiger partial charge is 0.306 e. The molecule has 0 aliphatic heterocycles. The molecule has 1 nitrogen and oxygen atoms in total. The van der Waals surface area contributed by atoms with E-state index in [1.165, 1.54) is 18.2 Å². The highest BCUT2D eigenvalue weighted by Crippen LogP contribution is 2.28. The topological polar surface area (TPSA) is 12.0 Å². The van der Waals surface area contributed by atoms with Gasteiger partial charge in [-0.2, -0.15) is 0 Å². The van der Waals surface area contributed by atoms with Crippen molar-refractivity contribution in [3.63, 3.8) is 0 Å². The molecule has 4 heteroatoms. The van der Waals surface area contributed by atoms with Crippen LogP contribution in [0.1, 0.15) is 36.1 Å². The standard InChI is InChI=1S/C17H18BrF2N/c1-3-8-21-17(12-4-7-15(18)16(20)10-12)14-6-5-13(19)9-11(14)2/h4-7,9-10,17,21H,3,8H2,1-2H3. The molecule has 0 amide bonds. The number of hydrogen-bond acceptors (Lipinski definition) is 1.